The van der Waals surface area contributed by atoms with Crippen molar-refractivity contribution in [2.24, 2.45) is 0 Å². The molecule has 0 aromatic carbocycles. The fraction of sp³-hybridized carbons (Fsp3) is 0.778. The molecule has 0 atom stereocenters. The third-order valence-electron chi connectivity index (χ3n) is 2.81. The van der Waals surface area contributed by atoms with Crippen LogP contribution in [0.1, 0.15) is 5.89 Å². The Morgan fingerprint density at radius 3 is 2.22 bits per heavy atom. The van der Waals surface area contributed by atoms with Gasteiger partial charge in [0, 0.05) is 47.2 Å². The summed E-state index contributed by atoms with van der Waals surface area (Å²) in [7, 11) is -0.265. The van der Waals surface area contributed by atoms with Crippen LogP contribution in [0, 0.1) is 6.92 Å². The molecule has 0 bridgehead atoms. The topological polar surface area (TPSA) is 82.8 Å². The number of aromatic nitrogens is 2. The minimum Gasteiger partial charge on any atom is -0.408 e. The van der Waals surface area contributed by atoms with Gasteiger partial charge in [-0.1, -0.05) is 5.10 Å². The van der Waals surface area contributed by atoms with Crippen LogP contribution in [-0.4, -0.2) is 67.5 Å². The maximum Gasteiger partial charge on any atom is 0.318 e. The summed E-state index contributed by atoms with van der Waals surface area (Å²) < 4.78 is 31.8. The zero-order valence-corrected chi connectivity index (χ0v) is 11.5. The van der Waals surface area contributed by atoms with E-state index in [0.29, 0.717) is 38.1 Å². The van der Waals surface area contributed by atoms with Crippen molar-refractivity contribution in [3.63, 3.8) is 0 Å². The molecule has 0 spiro atoms. The second-order valence-corrected chi connectivity index (χ2v) is 6.42. The Hall–Kier alpha value is -1.19. The number of piperazine rings is 1. The van der Waals surface area contributed by atoms with E-state index in [0.717, 1.165) is 0 Å². The van der Waals surface area contributed by atoms with Crippen LogP contribution in [0.15, 0.2) is 4.42 Å². The molecule has 1 aliphatic heterocycles. The van der Waals surface area contributed by atoms with E-state index in [1.54, 1.807) is 6.92 Å². The minimum absolute atomic E-state index is 0.419. The van der Waals surface area contributed by atoms with Crippen LogP contribution in [0.2, 0.25) is 0 Å². The Morgan fingerprint density at radius 1 is 1.17 bits per heavy atom. The van der Waals surface area contributed by atoms with Gasteiger partial charge in [0.2, 0.25) is 5.89 Å². The molecule has 9 heteroatoms. The molecule has 1 aromatic heterocycles. The first-order valence-corrected chi connectivity index (χ1v) is 7.03. The Labute approximate surface area is 106 Å². The van der Waals surface area contributed by atoms with Crippen LogP contribution in [-0.2, 0) is 10.2 Å². The van der Waals surface area contributed by atoms with E-state index >= 15 is 0 Å². The predicted octanol–water partition coefficient (Wildman–Crippen LogP) is -0.694. The first-order chi connectivity index (χ1) is 8.41. The van der Waals surface area contributed by atoms with Crippen molar-refractivity contribution in [1.82, 2.24) is 18.8 Å². The van der Waals surface area contributed by atoms with E-state index < -0.39 is 10.2 Å². The van der Waals surface area contributed by atoms with Gasteiger partial charge in [-0.05, 0) is 0 Å². The molecule has 0 unspecified atom stereocenters. The molecule has 0 aliphatic carbocycles. The van der Waals surface area contributed by atoms with E-state index in [1.165, 1.54) is 22.7 Å². The van der Waals surface area contributed by atoms with Crippen molar-refractivity contribution >= 4 is 16.2 Å². The number of anilines is 1. The van der Waals surface area contributed by atoms with E-state index in [9.17, 15) is 8.42 Å². The maximum atomic E-state index is 11.9. The van der Waals surface area contributed by atoms with Gasteiger partial charge in [-0.2, -0.15) is 17.0 Å². The summed E-state index contributed by atoms with van der Waals surface area (Å²) in [4.78, 5) is 1.89. The molecule has 2 heterocycles. The van der Waals surface area contributed by atoms with Gasteiger partial charge >= 0.3 is 6.01 Å². The van der Waals surface area contributed by atoms with Crippen molar-refractivity contribution in [2.75, 3.05) is 45.2 Å². The highest BCUT2D eigenvalue weighted by molar-refractivity contribution is 7.86. The third-order valence-corrected chi connectivity index (χ3v) is 4.75. The highest BCUT2D eigenvalue weighted by atomic mass is 32.2. The summed E-state index contributed by atoms with van der Waals surface area (Å²) in [5.74, 6) is 0.508. The minimum atomic E-state index is -3.33. The van der Waals surface area contributed by atoms with Crippen molar-refractivity contribution in [3.05, 3.63) is 5.89 Å². The molecule has 8 nitrogen and oxygen atoms in total. The second-order valence-electron chi connectivity index (χ2n) is 4.28. The monoisotopic (exact) mass is 275 g/mol. The fourth-order valence-electron chi connectivity index (χ4n) is 1.75. The highest BCUT2D eigenvalue weighted by Crippen LogP contribution is 2.16. The SMILES string of the molecule is Cc1nnc(N2CCN(S(=O)(=O)N(C)C)CC2)o1. The first kappa shape index (κ1) is 13.2. The summed E-state index contributed by atoms with van der Waals surface area (Å²) in [6.07, 6.45) is 0. The lowest BCUT2D eigenvalue weighted by Crippen LogP contribution is -2.51. The Morgan fingerprint density at radius 2 is 1.78 bits per heavy atom. The zero-order chi connectivity index (χ0) is 13.3. The normalized spacial score (nSPS) is 18.6. The molecular weight excluding hydrogens is 258 g/mol. The van der Waals surface area contributed by atoms with Gasteiger partial charge in [-0.3, -0.25) is 0 Å². The third kappa shape index (κ3) is 2.47. The molecule has 0 N–H and O–H groups in total. The number of hydrogen-bond donors (Lipinski definition) is 0. The summed E-state index contributed by atoms with van der Waals surface area (Å²) in [6, 6.07) is 0.453. The summed E-state index contributed by atoms with van der Waals surface area (Å²) >= 11 is 0. The smallest absolute Gasteiger partial charge is 0.318 e. The molecule has 0 saturated carbocycles. The molecule has 102 valence electrons. The standard InChI is InChI=1S/C9H17N5O3S/c1-8-10-11-9(17-8)13-4-6-14(7-5-13)18(15,16)12(2)3/h4-7H2,1-3H3. The number of rotatable bonds is 3. The summed E-state index contributed by atoms with van der Waals surface area (Å²) in [5.41, 5.74) is 0. The van der Waals surface area contributed by atoms with Crippen molar-refractivity contribution in [1.29, 1.82) is 0 Å². The van der Waals surface area contributed by atoms with Crippen LogP contribution in [0.5, 0.6) is 0 Å². The lowest BCUT2D eigenvalue weighted by molar-refractivity contribution is 0.346. The molecule has 18 heavy (non-hydrogen) atoms. The van der Waals surface area contributed by atoms with E-state index in [1.807, 2.05) is 4.90 Å². The largest absolute Gasteiger partial charge is 0.408 e. The summed E-state index contributed by atoms with van der Waals surface area (Å²) in [6.45, 7) is 3.66. The fourth-order valence-corrected chi connectivity index (χ4v) is 2.84. The Kier molecular flexibility index (Phi) is 3.55. The van der Waals surface area contributed by atoms with Crippen LogP contribution in [0.25, 0.3) is 0 Å². The van der Waals surface area contributed by atoms with Crippen molar-refractivity contribution in [3.8, 4) is 0 Å². The lowest BCUT2D eigenvalue weighted by Gasteiger charge is -2.34. The molecule has 1 fully saturated rings. The lowest BCUT2D eigenvalue weighted by atomic mass is 10.4. The highest BCUT2D eigenvalue weighted by Gasteiger charge is 2.29. The van der Waals surface area contributed by atoms with Crippen LogP contribution >= 0.6 is 0 Å². The van der Waals surface area contributed by atoms with Gasteiger partial charge in [0.25, 0.3) is 10.2 Å². The number of hydrogen-bond acceptors (Lipinski definition) is 6. The van der Waals surface area contributed by atoms with Gasteiger partial charge in [0.05, 0.1) is 0 Å². The van der Waals surface area contributed by atoms with Gasteiger partial charge in [-0.15, -0.1) is 5.10 Å². The molecule has 1 saturated heterocycles. The van der Waals surface area contributed by atoms with Gasteiger partial charge in [0.1, 0.15) is 0 Å². The molecule has 0 amide bonds. The van der Waals surface area contributed by atoms with Crippen LogP contribution in [0.3, 0.4) is 0 Å². The van der Waals surface area contributed by atoms with E-state index in [2.05, 4.69) is 10.2 Å². The molecule has 2 rings (SSSR count). The number of aryl methyl sites for hydroxylation is 1. The quantitative estimate of drug-likeness (QED) is 0.726. The maximum absolute atomic E-state index is 11.9. The zero-order valence-electron chi connectivity index (χ0n) is 10.7. The molecule has 1 aliphatic rings. The van der Waals surface area contributed by atoms with Crippen LogP contribution < -0.4 is 4.90 Å². The first-order valence-electron chi connectivity index (χ1n) is 5.64. The van der Waals surface area contributed by atoms with Gasteiger partial charge < -0.3 is 9.32 Å². The average molecular weight is 275 g/mol. The van der Waals surface area contributed by atoms with E-state index in [4.69, 9.17) is 4.42 Å². The van der Waals surface area contributed by atoms with Crippen LogP contribution in [0.4, 0.5) is 6.01 Å². The molecular formula is C9H17N5O3S. The molecule has 1 aromatic rings. The average Bonchev–Trinajstić information content (AvgIpc) is 2.76. The summed E-state index contributed by atoms with van der Waals surface area (Å²) in [5, 5.41) is 7.68. The number of nitrogens with zero attached hydrogens (tertiary/aromatic N) is 5. The Bertz CT molecular complexity index is 504. The van der Waals surface area contributed by atoms with Crippen molar-refractivity contribution in [2.45, 2.75) is 6.92 Å². The molecule has 0 radical (unpaired) electrons. The Balaban J connectivity index is 2.01. The van der Waals surface area contributed by atoms with Gasteiger partial charge in [0.15, 0.2) is 0 Å². The van der Waals surface area contributed by atoms with Gasteiger partial charge in [-0.25, -0.2) is 0 Å². The predicted molar refractivity (Wildman–Crippen MR) is 65.4 cm³/mol. The van der Waals surface area contributed by atoms with E-state index in [-0.39, 0.29) is 0 Å². The van der Waals surface area contributed by atoms with Crippen molar-refractivity contribution < 1.29 is 12.8 Å². The second kappa shape index (κ2) is 4.82.